The summed E-state index contributed by atoms with van der Waals surface area (Å²) >= 11 is 0. The second-order valence-corrected chi connectivity index (χ2v) is 6.43. The van der Waals surface area contributed by atoms with Crippen molar-refractivity contribution < 1.29 is 4.74 Å². The van der Waals surface area contributed by atoms with E-state index in [0.717, 1.165) is 12.3 Å². The normalized spacial score (nSPS) is 19.3. The lowest BCUT2D eigenvalue weighted by molar-refractivity contribution is 0.0582. The summed E-state index contributed by atoms with van der Waals surface area (Å²) in [5, 5.41) is 0. The zero-order valence-electron chi connectivity index (χ0n) is 12.5. The van der Waals surface area contributed by atoms with Crippen LogP contribution in [0.25, 0.3) is 0 Å². The van der Waals surface area contributed by atoms with Crippen LogP contribution >= 0.6 is 0 Å². The molecule has 108 valence electrons. The molecule has 2 aromatic rings. The van der Waals surface area contributed by atoms with Crippen LogP contribution < -0.4 is 4.74 Å². The number of likely N-dealkylation sites (tertiary alicyclic amines) is 1. The van der Waals surface area contributed by atoms with Gasteiger partial charge >= 0.3 is 0 Å². The summed E-state index contributed by atoms with van der Waals surface area (Å²) in [6.45, 7) is 3.44. The standard InChI is InChI=1S/C19H21NO/c1-21-17-8-7-16-9-10-19(18(16)11-17)13-20(14-19)12-15-5-3-2-4-6-15/h2-8,11H,9-10,12-14H2,1H3. The van der Waals surface area contributed by atoms with Crippen molar-refractivity contribution >= 4 is 0 Å². The fourth-order valence-electron chi connectivity index (χ4n) is 3.99. The van der Waals surface area contributed by atoms with Gasteiger partial charge in [-0.25, -0.2) is 0 Å². The first-order valence-corrected chi connectivity index (χ1v) is 7.73. The Balaban J connectivity index is 1.50. The van der Waals surface area contributed by atoms with Gasteiger partial charge < -0.3 is 4.74 Å². The molecule has 2 nitrogen and oxygen atoms in total. The van der Waals surface area contributed by atoms with Crippen molar-refractivity contribution in [2.24, 2.45) is 0 Å². The van der Waals surface area contributed by atoms with E-state index < -0.39 is 0 Å². The molecule has 1 aliphatic carbocycles. The van der Waals surface area contributed by atoms with Gasteiger partial charge in [-0.05, 0) is 41.7 Å². The summed E-state index contributed by atoms with van der Waals surface area (Å²) in [7, 11) is 1.76. The third-order valence-electron chi connectivity index (χ3n) is 5.06. The molecule has 0 radical (unpaired) electrons. The van der Waals surface area contributed by atoms with E-state index >= 15 is 0 Å². The second kappa shape index (κ2) is 4.88. The van der Waals surface area contributed by atoms with Gasteiger partial charge in [0.05, 0.1) is 7.11 Å². The Hall–Kier alpha value is -1.80. The molecule has 1 aliphatic heterocycles. The van der Waals surface area contributed by atoms with E-state index in [2.05, 4.69) is 53.4 Å². The van der Waals surface area contributed by atoms with Gasteiger partial charge in [-0.2, -0.15) is 0 Å². The molecule has 0 saturated carbocycles. The molecule has 2 heteroatoms. The molecule has 2 aromatic carbocycles. The van der Waals surface area contributed by atoms with Crippen molar-refractivity contribution in [3.63, 3.8) is 0 Å². The highest BCUT2D eigenvalue weighted by molar-refractivity contribution is 5.46. The van der Waals surface area contributed by atoms with Crippen molar-refractivity contribution in [3.8, 4) is 5.75 Å². The van der Waals surface area contributed by atoms with Gasteiger partial charge in [0.15, 0.2) is 0 Å². The topological polar surface area (TPSA) is 12.5 Å². The maximum atomic E-state index is 5.41. The lowest BCUT2D eigenvalue weighted by atomic mass is 9.74. The summed E-state index contributed by atoms with van der Waals surface area (Å²) in [5.41, 5.74) is 4.86. The quantitative estimate of drug-likeness (QED) is 0.854. The molecule has 0 amide bonds. The van der Waals surface area contributed by atoms with Crippen molar-refractivity contribution in [2.75, 3.05) is 20.2 Å². The summed E-state index contributed by atoms with van der Waals surface area (Å²) < 4.78 is 5.41. The van der Waals surface area contributed by atoms with E-state index in [1.165, 1.54) is 42.6 Å². The van der Waals surface area contributed by atoms with Gasteiger partial charge in [-0.3, -0.25) is 4.90 Å². The second-order valence-electron chi connectivity index (χ2n) is 6.43. The van der Waals surface area contributed by atoms with Gasteiger partial charge in [-0.1, -0.05) is 36.4 Å². The molecule has 0 N–H and O–H groups in total. The maximum absolute atomic E-state index is 5.41. The molecular formula is C19H21NO. The van der Waals surface area contributed by atoms with E-state index in [1.807, 2.05) is 0 Å². The van der Waals surface area contributed by atoms with Gasteiger partial charge in [0.2, 0.25) is 0 Å². The number of hydrogen-bond acceptors (Lipinski definition) is 2. The zero-order valence-corrected chi connectivity index (χ0v) is 12.5. The van der Waals surface area contributed by atoms with Crippen LogP contribution in [0.15, 0.2) is 48.5 Å². The molecule has 4 rings (SSSR count). The van der Waals surface area contributed by atoms with Crippen LogP contribution in [0.2, 0.25) is 0 Å². The first-order valence-electron chi connectivity index (χ1n) is 7.73. The zero-order chi connectivity index (χ0) is 14.3. The Kier molecular flexibility index (Phi) is 3.00. The number of methoxy groups -OCH3 is 1. The largest absolute Gasteiger partial charge is 0.497 e. The van der Waals surface area contributed by atoms with Crippen LogP contribution in [0.3, 0.4) is 0 Å². The van der Waals surface area contributed by atoms with Crippen molar-refractivity contribution in [1.29, 1.82) is 0 Å². The summed E-state index contributed by atoms with van der Waals surface area (Å²) in [5.74, 6) is 0.997. The maximum Gasteiger partial charge on any atom is 0.119 e. The highest BCUT2D eigenvalue weighted by Gasteiger charge is 2.47. The predicted octanol–water partition coefficient (Wildman–Crippen LogP) is 3.40. The van der Waals surface area contributed by atoms with Crippen LogP contribution in [-0.4, -0.2) is 25.1 Å². The highest BCUT2D eigenvalue weighted by Crippen LogP contribution is 2.46. The van der Waals surface area contributed by atoms with Gasteiger partial charge in [-0.15, -0.1) is 0 Å². The highest BCUT2D eigenvalue weighted by atomic mass is 16.5. The molecule has 1 fully saturated rings. The number of fused-ring (bicyclic) bond motifs is 2. The molecule has 1 heterocycles. The van der Waals surface area contributed by atoms with E-state index in [1.54, 1.807) is 7.11 Å². The lowest BCUT2D eigenvalue weighted by Gasteiger charge is -2.49. The minimum atomic E-state index is 0.388. The Morgan fingerprint density at radius 2 is 1.90 bits per heavy atom. The molecule has 1 saturated heterocycles. The first-order chi connectivity index (χ1) is 10.3. The Morgan fingerprint density at radius 3 is 2.67 bits per heavy atom. The lowest BCUT2D eigenvalue weighted by Crippen LogP contribution is -2.57. The monoisotopic (exact) mass is 279 g/mol. The molecular weight excluding hydrogens is 258 g/mol. The summed E-state index contributed by atoms with van der Waals surface area (Å²) in [6.07, 6.45) is 2.51. The van der Waals surface area contributed by atoms with Crippen LogP contribution in [0.4, 0.5) is 0 Å². The number of aryl methyl sites for hydroxylation is 1. The summed E-state index contributed by atoms with van der Waals surface area (Å²) in [6, 6.07) is 17.4. The Morgan fingerprint density at radius 1 is 1.10 bits per heavy atom. The molecule has 1 spiro atoms. The molecule has 0 bridgehead atoms. The van der Waals surface area contributed by atoms with Gasteiger partial charge in [0, 0.05) is 25.0 Å². The summed E-state index contributed by atoms with van der Waals surface area (Å²) in [4.78, 5) is 2.56. The SMILES string of the molecule is COc1ccc2c(c1)C1(CC2)CN(Cc2ccccc2)C1. The van der Waals surface area contributed by atoms with Gasteiger partial charge in [0.25, 0.3) is 0 Å². The molecule has 0 unspecified atom stereocenters. The van der Waals surface area contributed by atoms with Gasteiger partial charge in [0.1, 0.15) is 5.75 Å². The van der Waals surface area contributed by atoms with E-state index in [4.69, 9.17) is 4.74 Å². The smallest absolute Gasteiger partial charge is 0.119 e. The average molecular weight is 279 g/mol. The predicted molar refractivity (Wildman–Crippen MR) is 84.7 cm³/mol. The molecule has 0 aromatic heterocycles. The molecule has 21 heavy (non-hydrogen) atoms. The van der Waals surface area contributed by atoms with Crippen LogP contribution in [-0.2, 0) is 18.4 Å². The third kappa shape index (κ3) is 2.14. The number of nitrogens with zero attached hydrogens (tertiary/aromatic N) is 1. The van der Waals surface area contributed by atoms with E-state index in [-0.39, 0.29) is 0 Å². The van der Waals surface area contributed by atoms with Crippen molar-refractivity contribution in [1.82, 2.24) is 4.90 Å². The molecule has 2 aliphatic rings. The third-order valence-corrected chi connectivity index (χ3v) is 5.06. The Labute approximate surface area is 126 Å². The number of hydrogen-bond donors (Lipinski definition) is 0. The van der Waals surface area contributed by atoms with Crippen LogP contribution in [0.5, 0.6) is 5.75 Å². The van der Waals surface area contributed by atoms with E-state index in [0.29, 0.717) is 5.41 Å². The average Bonchev–Trinajstić information content (AvgIpc) is 2.87. The van der Waals surface area contributed by atoms with Crippen molar-refractivity contribution in [2.45, 2.75) is 24.8 Å². The van der Waals surface area contributed by atoms with Crippen LogP contribution in [0.1, 0.15) is 23.1 Å². The van der Waals surface area contributed by atoms with Crippen molar-refractivity contribution in [3.05, 3.63) is 65.2 Å². The minimum absolute atomic E-state index is 0.388. The van der Waals surface area contributed by atoms with Crippen LogP contribution in [0, 0.1) is 0 Å². The fourth-order valence-corrected chi connectivity index (χ4v) is 3.99. The number of benzene rings is 2. The molecule has 0 atom stereocenters. The Bertz CT molecular complexity index is 644. The fraction of sp³-hybridized carbons (Fsp3) is 0.368. The number of ether oxygens (including phenoxy) is 1. The van der Waals surface area contributed by atoms with E-state index in [9.17, 15) is 0 Å². The number of rotatable bonds is 3. The minimum Gasteiger partial charge on any atom is -0.497 e. The first kappa shape index (κ1) is 12.9.